The van der Waals surface area contributed by atoms with Crippen LogP contribution in [0.4, 0.5) is 0 Å². The summed E-state index contributed by atoms with van der Waals surface area (Å²) in [6.45, 7) is 3.09. The molecule has 2 unspecified atom stereocenters. The van der Waals surface area contributed by atoms with Gasteiger partial charge in [0.05, 0.1) is 5.69 Å². The Morgan fingerprint density at radius 2 is 1.95 bits per heavy atom. The maximum Gasteiger partial charge on any atom is 0.109 e. The first kappa shape index (κ1) is 15.1. The zero-order valence-corrected chi connectivity index (χ0v) is 13.4. The molecule has 0 aromatic carbocycles. The third-order valence-corrected chi connectivity index (χ3v) is 5.75. The van der Waals surface area contributed by atoms with Crippen LogP contribution in [0.3, 0.4) is 0 Å². The van der Waals surface area contributed by atoms with Gasteiger partial charge in [-0.05, 0) is 37.2 Å². The van der Waals surface area contributed by atoms with Crippen molar-refractivity contribution in [1.82, 2.24) is 9.78 Å². The Bertz CT molecular complexity index is 450. The van der Waals surface area contributed by atoms with Crippen LogP contribution in [0.2, 0.25) is 0 Å². The van der Waals surface area contributed by atoms with Crippen LogP contribution in [0.1, 0.15) is 76.8 Å². The topological polar surface area (TPSA) is 38.0 Å². The van der Waals surface area contributed by atoms with E-state index >= 15 is 0 Å². The van der Waals surface area contributed by atoms with Crippen molar-refractivity contribution in [2.24, 2.45) is 11.8 Å². The number of aliphatic hydroxyl groups is 1. The fraction of sp³-hybridized carbons (Fsp3) is 0.833. The van der Waals surface area contributed by atoms with Gasteiger partial charge in [-0.15, -0.1) is 0 Å². The average Bonchev–Trinajstić information content (AvgIpc) is 2.98. The predicted octanol–water partition coefficient (Wildman–Crippen LogP) is 4.25. The minimum absolute atomic E-state index is 0.443. The third kappa shape index (κ3) is 2.90. The first-order valence-corrected chi connectivity index (χ1v) is 9.00. The minimum atomic E-state index is -0.633. The molecular weight excluding hydrogens is 260 g/mol. The lowest BCUT2D eigenvalue weighted by atomic mass is 9.64. The third-order valence-electron chi connectivity index (χ3n) is 5.75. The van der Waals surface area contributed by atoms with Gasteiger partial charge in [0, 0.05) is 12.7 Å². The summed E-state index contributed by atoms with van der Waals surface area (Å²) in [6, 6.07) is 2.07. The molecule has 3 rings (SSSR count). The van der Waals surface area contributed by atoms with Gasteiger partial charge < -0.3 is 5.11 Å². The lowest BCUT2D eigenvalue weighted by Crippen LogP contribution is -2.44. The summed E-state index contributed by atoms with van der Waals surface area (Å²) in [5.74, 6) is 1.16. The van der Waals surface area contributed by atoms with Crippen molar-refractivity contribution < 1.29 is 5.11 Å². The minimum Gasteiger partial charge on any atom is -0.383 e. The molecule has 0 saturated heterocycles. The second-order valence-electron chi connectivity index (χ2n) is 7.11. The lowest BCUT2D eigenvalue weighted by molar-refractivity contribution is -0.0894. The van der Waals surface area contributed by atoms with Crippen molar-refractivity contribution in [3.8, 4) is 0 Å². The summed E-state index contributed by atoms with van der Waals surface area (Å²) in [5, 5.41) is 16.1. The Kier molecular flexibility index (Phi) is 4.68. The van der Waals surface area contributed by atoms with Gasteiger partial charge in [0.15, 0.2) is 0 Å². The summed E-state index contributed by atoms with van der Waals surface area (Å²) in [4.78, 5) is 0. The van der Waals surface area contributed by atoms with E-state index in [2.05, 4.69) is 22.8 Å². The summed E-state index contributed by atoms with van der Waals surface area (Å²) in [5.41, 5.74) is 0.450. The van der Waals surface area contributed by atoms with Gasteiger partial charge in [-0.25, -0.2) is 0 Å². The summed E-state index contributed by atoms with van der Waals surface area (Å²) in [6.07, 6.45) is 14.2. The van der Waals surface area contributed by atoms with E-state index < -0.39 is 5.60 Å². The monoisotopic (exact) mass is 290 g/mol. The molecule has 2 saturated carbocycles. The molecule has 3 nitrogen and oxygen atoms in total. The van der Waals surface area contributed by atoms with E-state index in [-0.39, 0.29) is 0 Å². The molecule has 3 heteroatoms. The largest absolute Gasteiger partial charge is 0.383 e. The molecule has 0 spiro atoms. The van der Waals surface area contributed by atoms with Crippen LogP contribution in [-0.2, 0) is 12.1 Å². The van der Waals surface area contributed by atoms with Gasteiger partial charge in [0.2, 0.25) is 0 Å². The zero-order chi connectivity index (χ0) is 14.7. The van der Waals surface area contributed by atoms with Gasteiger partial charge >= 0.3 is 0 Å². The molecule has 2 aliphatic rings. The Balaban J connectivity index is 1.88. The van der Waals surface area contributed by atoms with Gasteiger partial charge in [0.1, 0.15) is 5.60 Å². The van der Waals surface area contributed by atoms with Gasteiger partial charge in [0.25, 0.3) is 0 Å². The molecule has 2 fully saturated rings. The molecule has 0 radical (unpaired) electrons. The standard InChI is InChI=1S/C18H30N2O/c1-2-14-20-17(11-13-19-20)18(21)12-7-6-10-16(18)15-8-4-3-5-9-15/h11,13,15-16,21H,2-10,12,14H2,1H3. The van der Waals surface area contributed by atoms with Crippen molar-refractivity contribution in [3.05, 3.63) is 18.0 Å². The van der Waals surface area contributed by atoms with Crippen LogP contribution in [0, 0.1) is 11.8 Å². The fourth-order valence-electron chi connectivity index (χ4n) is 4.75. The number of hydrogen-bond donors (Lipinski definition) is 1. The molecule has 2 aliphatic carbocycles. The molecule has 21 heavy (non-hydrogen) atoms. The second-order valence-corrected chi connectivity index (χ2v) is 7.11. The van der Waals surface area contributed by atoms with Gasteiger partial charge in [-0.2, -0.15) is 5.10 Å². The maximum atomic E-state index is 11.6. The molecule has 1 aromatic rings. The SMILES string of the molecule is CCCn1nccc1C1(O)CCCCC1C1CCCCC1. The van der Waals surface area contributed by atoms with E-state index in [0.717, 1.165) is 31.5 Å². The highest BCUT2D eigenvalue weighted by molar-refractivity contribution is 5.16. The van der Waals surface area contributed by atoms with E-state index in [1.54, 1.807) is 0 Å². The number of nitrogens with zero attached hydrogens (tertiary/aromatic N) is 2. The highest BCUT2D eigenvalue weighted by Crippen LogP contribution is 2.48. The van der Waals surface area contributed by atoms with E-state index in [9.17, 15) is 5.11 Å². The van der Waals surface area contributed by atoms with Crippen molar-refractivity contribution in [3.63, 3.8) is 0 Å². The highest BCUT2D eigenvalue weighted by atomic mass is 16.3. The van der Waals surface area contributed by atoms with E-state index in [4.69, 9.17) is 0 Å². The summed E-state index contributed by atoms with van der Waals surface area (Å²) >= 11 is 0. The second kappa shape index (κ2) is 6.51. The number of aromatic nitrogens is 2. The lowest BCUT2D eigenvalue weighted by Gasteiger charge is -2.45. The normalized spacial score (nSPS) is 31.4. The van der Waals surface area contributed by atoms with Crippen LogP contribution in [-0.4, -0.2) is 14.9 Å². The van der Waals surface area contributed by atoms with Crippen LogP contribution in [0.25, 0.3) is 0 Å². The van der Waals surface area contributed by atoms with E-state index in [1.807, 2.05) is 6.20 Å². The van der Waals surface area contributed by atoms with Gasteiger partial charge in [-0.3, -0.25) is 4.68 Å². The molecule has 1 N–H and O–H groups in total. The van der Waals surface area contributed by atoms with Crippen molar-refractivity contribution in [1.29, 1.82) is 0 Å². The molecule has 0 aliphatic heterocycles. The first-order valence-electron chi connectivity index (χ1n) is 9.00. The Morgan fingerprint density at radius 1 is 1.19 bits per heavy atom. The van der Waals surface area contributed by atoms with Crippen molar-refractivity contribution in [2.75, 3.05) is 0 Å². The molecule has 118 valence electrons. The van der Waals surface area contributed by atoms with Crippen molar-refractivity contribution in [2.45, 2.75) is 83.3 Å². The molecule has 1 aromatic heterocycles. The fourth-order valence-corrected chi connectivity index (χ4v) is 4.75. The van der Waals surface area contributed by atoms with Crippen LogP contribution in [0.15, 0.2) is 12.3 Å². The highest BCUT2D eigenvalue weighted by Gasteiger charge is 2.46. The quantitative estimate of drug-likeness (QED) is 0.900. The Morgan fingerprint density at radius 3 is 2.71 bits per heavy atom. The van der Waals surface area contributed by atoms with Crippen molar-refractivity contribution >= 4 is 0 Å². The smallest absolute Gasteiger partial charge is 0.109 e. The van der Waals surface area contributed by atoms with Crippen LogP contribution < -0.4 is 0 Å². The predicted molar refractivity (Wildman–Crippen MR) is 84.9 cm³/mol. The first-order chi connectivity index (χ1) is 10.3. The van der Waals surface area contributed by atoms with Crippen LogP contribution in [0.5, 0.6) is 0 Å². The summed E-state index contributed by atoms with van der Waals surface area (Å²) < 4.78 is 2.06. The van der Waals surface area contributed by atoms with E-state index in [0.29, 0.717) is 11.8 Å². The molecular formula is C18H30N2O. The molecule has 2 atom stereocenters. The molecule has 0 bridgehead atoms. The van der Waals surface area contributed by atoms with Gasteiger partial charge in [-0.1, -0.05) is 51.9 Å². The molecule has 1 heterocycles. The summed E-state index contributed by atoms with van der Waals surface area (Å²) in [7, 11) is 0. The number of rotatable bonds is 4. The van der Waals surface area contributed by atoms with Crippen LogP contribution >= 0.6 is 0 Å². The van der Waals surface area contributed by atoms with E-state index in [1.165, 1.54) is 44.9 Å². The zero-order valence-electron chi connectivity index (χ0n) is 13.4. The Labute approximate surface area is 128 Å². The number of hydrogen-bond acceptors (Lipinski definition) is 2. The maximum absolute atomic E-state index is 11.6. The molecule has 0 amide bonds. The number of aryl methyl sites for hydroxylation is 1. The average molecular weight is 290 g/mol. The Hall–Kier alpha value is -0.830.